The van der Waals surface area contributed by atoms with Gasteiger partial charge in [0.2, 0.25) is 5.89 Å². The first-order valence-corrected chi connectivity index (χ1v) is 9.26. The zero-order valence-corrected chi connectivity index (χ0v) is 15.9. The third kappa shape index (κ3) is 3.96. The molecule has 2 aromatic rings. The minimum Gasteiger partial charge on any atom is -0.338 e. The van der Waals surface area contributed by atoms with Gasteiger partial charge in [-0.05, 0) is 45.2 Å². The molecule has 1 fully saturated rings. The number of halogens is 1. The van der Waals surface area contributed by atoms with Crippen molar-refractivity contribution in [2.24, 2.45) is 0 Å². The average Bonchev–Trinajstić information content (AvgIpc) is 3.00. The number of piperazine rings is 1. The van der Waals surface area contributed by atoms with E-state index in [9.17, 15) is 0 Å². The number of thioether (sulfide) groups is 1. The summed E-state index contributed by atoms with van der Waals surface area (Å²) in [6, 6.07) is 8.44. The minimum absolute atomic E-state index is 0.176. The molecular weight excluding hydrogens is 376 g/mol. The van der Waals surface area contributed by atoms with Gasteiger partial charge in [0.05, 0.1) is 10.8 Å². The van der Waals surface area contributed by atoms with Crippen molar-refractivity contribution in [3.8, 4) is 0 Å². The number of nitrogens with one attached hydrogen (secondary N) is 1. The molecule has 0 bridgehead atoms. The fraction of sp³-hybridized carbons (Fsp3) is 0.500. The standard InChI is InChI=1S/C16H21BrN4OS/c1-16(2,23-12-6-4-11(17)5-7-12)15-19-14(20-22-15)13-10-18-8-9-21(13)3/h4-7,13,18H,8-10H2,1-3H3. The zero-order chi connectivity index (χ0) is 16.4. The van der Waals surface area contributed by atoms with Crippen molar-refractivity contribution in [2.45, 2.75) is 29.5 Å². The van der Waals surface area contributed by atoms with Crippen molar-refractivity contribution in [1.29, 1.82) is 0 Å². The molecule has 7 heteroatoms. The van der Waals surface area contributed by atoms with Crippen LogP contribution in [0.3, 0.4) is 0 Å². The largest absolute Gasteiger partial charge is 0.338 e. The van der Waals surface area contributed by atoms with Crippen LogP contribution in [-0.2, 0) is 4.75 Å². The first-order chi connectivity index (χ1) is 11.0. The Morgan fingerprint density at radius 2 is 2.09 bits per heavy atom. The molecule has 5 nitrogen and oxygen atoms in total. The summed E-state index contributed by atoms with van der Waals surface area (Å²) in [5, 5.41) is 7.61. The van der Waals surface area contributed by atoms with Crippen molar-refractivity contribution >= 4 is 27.7 Å². The maximum absolute atomic E-state index is 5.58. The minimum atomic E-state index is -0.278. The van der Waals surface area contributed by atoms with Crippen molar-refractivity contribution in [3.05, 3.63) is 40.5 Å². The lowest BCUT2D eigenvalue weighted by Gasteiger charge is -2.30. The molecule has 1 atom stereocenters. The molecule has 2 heterocycles. The lowest BCUT2D eigenvalue weighted by atomic mass is 10.2. The van der Waals surface area contributed by atoms with Crippen LogP contribution in [0.4, 0.5) is 0 Å². The number of hydrogen-bond donors (Lipinski definition) is 1. The number of rotatable bonds is 4. The highest BCUT2D eigenvalue weighted by Gasteiger charge is 2.32. The average molecular weight is 397 g/mol. The molecular formula is C16H21BrN4OS. The summed E-state index contributed by atoms with van der Waals surface area (Å²) in [4.78, 5) is 8.12. The molecule has 1 aromatic heterocycles. The van der Waals surface area contributed by atoms with Crippen LogP contribution in [0.15, 0.2) is 38.2 Å². The molecule has 1 saturated heterocycles. The Hall–Kier alpha value is -0.890. The Balaban J connectivity index is 1.76. The SMILES string of the molecule is CN1CCNCC1c1noc(C(C)(C)Sc2ccc(Br)cc2)n1. The Bertz CT molecular complexity index is 658. The predicted molar refractivity (Wildman–Crippen MR) is 95.6 cm³/mol. The Labute approximate surface area is 149 Å². The second-order valence-electron chi connectivity index (χ2n) is 6.22. The van der Waals surface area contributed by atoms with Gasteiger partial charge >= 0.3 is 0 Å². The molecule has 124 valence electrons. The van der Waals surface area contributed by atoms with E-state index in [0.717, 1.165) is 29.9 Å². The molecule has 0 radical (unpaired) electrons. The summed E-state index contributed by atoms with van der Waals surface area (Å²) in [5.41, 5.74) is 0. The van der Waals surface area contributed by atoms with Gasteiger partial charge in [0, 0.05) is 29.0 Å². The van der Waals surface area contributed by atoms with Crippen LogP contribution in [-0.4, -0.2) is 41.7 Å². The molecule has 23 heavy (non-hydrogen) atoms. The number of nitrogens with zero attached hydrogens (tertiary/aromatic N) is 3. The molecule has 1 unspecified atom stereocenters. The third-order valence-electron chi connectivity index (χ3n) is 3.95. The van der Waals surface area contributed by atoms with Gasteiger partial charge in [0.15, 0.2) is 5.82 Å². The van der Waals surface area contributed by atoms with Gasteiger partial charge in [-0.1, -0.05) is 21.1 Å². The van der Waals surface area contributed by atoms with Crippen LogP contribution in [0.25, 0.3) is 0 Å². The maximum atomic E-state index is 5.58. The van der Waals surface area contributed by atoms with Gasteiger partial charge in [-0.3, -0.25) is 4.90 Å². The van der Waals surface area contributed by atoms with Crippen LogP contribution < -0.4 is 5.32 Å². The van der Waals surface area contributed by atoms with Gasteiger partial charge in [-0.2, -0.15) is 4.98 Å². The predicted octanol–water partition coefficient (Wildman–Crippen LogP) is 3.44. The highest BCUT2D eigenvalue weighted by atomic mass is 79.9. The van der Waals surface area contributed by atoms with Gasteiger partial charge in [0.25, 0.3) is 0 Å². The number of benzene rings is 1. The fourth-order valence-corrected chi connectivity index (χ4v) is 3.85. The van der Waals surface area contributed by atoms with Crippen LogP contribution in [0, 0.1) is 0 Å². The maximum Gasteiger partial charge on any atom is 0.242 e. The quantitative estimate of drug-likeness (QED) is 0.798. The lowest BCUT2D eigenvalue weighted by Crippen LogP contribution is -2.44. The van der Waals surface area contributed by atoms with Crippen LogP contribution in [0.2, 0.25) is 0 Å². The summed E-state index contributed by atoms with van der Waals surface area (Å²) in [6.45, 7) is 7.07. The van der Waals surface area contributed by atoms with E-state index in [4.69, 9.17) is 4.52 Å². The van der Waals surface area contributed by atoms with Crippen molar-refractivity contribution < 1.29 is 4.52 Å². The van der Waals surface area contributed by atoms with E-state index >= 15 is 0 Å². The summed E-state index contributed by atoms with van der Waals surface area (Å²) < 4.78 is 6.38. The first-order valence-electron chi connectivity index (χ1n) is 7.65. The van der Waals surface area contributed by atoms with E-state index < -0.39 is 0 Å². The van der Waals surface area contributed by atoms with E-state index in [-0.39, 0.29) is 10.8 Å². The zero-order valence-electron chi connectivity index (χ0n) is 13.5. The van der Waals surface area contributed by atoms with Gasteiger partial charge in [0.1, 0.15) is 0 Å². The fourth-order valence-electron chi connectivity index (χ4n) is 2.55. The molecule has 0 saturated carbocycles. The normalized spacial score (nSPS) is 19.9. The molecule has 1 N–H and O–H groups in total. The number of hydrogen-bond acceptors (Lipinski definition) is 6. The molecule has 3 rings (SSSR count). The molecule has 1 aromatic carbocycles. The molecule has 1 aliphatic rings. The highest BCUT2D eigenvalue weighted by molar-refractivity contribution is 9.10. The topological polar surface area (TPSA) is 54.2 Å². The van der Waals surface area contributed by atoms with E-state index in [1.807, 2.05) is 12.1 Å². The van der Waals surface area contributed by atoms with E-state index in [0.29, 0.717) is 5.89 Å². The molecule has 0 aliphatic carbocycles. The molecule has 0 spiro atoms. The van der Waals surface area contributed by atoms with Crippen molar-refractivity contribution in [2.75, 3.05) is 26.7 Å². The number of likely N-dealkylation sites (N-methyl/N-ethyl adjacent to an activating group) is 1. The summed E-state index contributed by atoms with van der Waals surface area (Å²) >= 11 is 5.18. The lowest BCUT2D eigenvalue weighted by molar-refractivity contribution is 0.190. The van der Waals surface area contributed by atoms with Crippen LogP contribution >= 0.6 is 27.7 Å². The van der Waals surface area contributed by atoms with Gasteiger partial charge < -0.3 is 9.84 Å². The van der Waals surface area contributed by atoms with Crippen molar-refractivity contribution in [1.82, 2.24) is 20.4 Å². The Morgan fingerprint density at radius 3 is 2.78 bits per heavy atom. The van der Waals surface area contributed by atoms with E-state index in [1.165, 1.54) is 4.90 Å². The number of aromatic nitrogens is 2. The highest BCUT2D eigenvalue weighted by Crippen LogP contribution is 2.40. The van der Waals surface area contributed by atoms with Crippen LogP contribution in [0.1, 0.15) is 31.6 Å². The van der Waals surface area contributed by atoms with Gasteiger partial charge in [-0.25, -0.2) is 0 Å². The van der Waals surface area contributed by atoms with E-state index in [2.05, 4.69) is 69.3 Å². The first kappa shape index (κ1) is 17.0. The molecule has 0 amide bonds. The van der Waals surface area contributed by atoms with E-state index in [1.54, 1.807) is 11.8 Å². The Kier molecular flexibility index (Phi) is 5.10. The summed E-state index contributed by atoms with van der Waals surface area (Å²) in [5.74, 6) is 1.43. The third-order valence-corrected chi connectivity index (χ3v) is 5.67. The smallest absolute Gasteiger partial charge is 0.242 e. The second kappa shape index (κ2) is 6.93. The second-order valence-corrected chi connectivity index (χ2v) is 8.84. The van der Waals surface area contributed by atoms with Gasteiger partial charge in [-0.15, -0.1) is 11.8 Å². The molecule has 1 aliphatic heterocycles. The van der Waals surface area contributed by atoms with Crippen molar-refractivity contribution in [3.63, 3.8) is 0 Å². The summed E-state index contributed by atoms with van der Waals surface area (Å²) in [6.07, 6.45) is 0. The Morgan fingerprint density at radius 1 is 1.35 bits per heavy atom. The summed E-state index contributed by atoms with van der Waals surface area (Å²) in [7, 11) is 2.10. The van der Waals surface area contributed by atoms with Crippen LogP contribution in [0.5, 0.6) is 0 Å². The monoisotopic (exact) mass is 396 g/mol.